The number of rotatable bonds is 8. The number of benzene rings is 3. The van der Waals surface area contributed by atoms with Crippen LogP contribution in [0.3, 0.4) is 0 Å². The Labute approximate surface area is 184 Å². The number of sulfone groups is 1. The lowest BCUT2D eigenvalue weighted by molar-refractivity contribution is -0.121. The fourth-order valence-electron chi connectivity index (χ4n) is 2.90. The van der Waals surface area contributed by atoms with E-state index in [0.717, 1.165) is 16.7 Å². The lowest BCUT2D eigenvalue weighted by Gasteiger charge is -2.09. The molecule has 4 aromatic rings. The molecule has 1 aromatic heterocycles. The minimum Gasteiger partial charge on any atom is -0.489 e. The van der Waals surface area contributed by atoms with Crippen molar-refractivity contribution in [3.63, 3.8) is 0 Å². The quantitative estimate of drug-likeness (QED) is 0.437. The molecule has 4 rings (SSSR count). The Hall–Kier alpha value is -3.92. The van der Waals surface area contributed by atoms with Gasteiger partial charge in [0.1, 0.15) is 23.4 Å². The maximum atomic E-state index is 12.2. The zero-order chi connectivity index (χ0) is 22.6. The summed E-state index contributed by atoms with van der Waals surface area (Å²) in [6.45, 7) is 0.112. The summed E-state index contributed by atoms with van der Waals surface area (Å²) >= 11 is 0. The molecule has 3 aromatic carbocycles. The molecule has 0 aliphatic carbocycles. The van der Waals surface area contributed by atoms with Crippen molar-refractivity contribution in [2.24, 2.45) is 0 Å². The molecule has 32 heavy (non-hydrogen) atoms. The van der Waals surface area contributed by atoms with Crippen LogP contribution in [-0.4, -0.2) is 42.3 Å². The molecule has 0 aliphatic heterocycles. The Kier molecular flexibility index (Phi) is 6.04. The van der Waals surface area contributed by atoms with E-state index >= 15 is 0 Å². The summed E-state index contributed by atoms with van der Waals surface area (Å²) in [5.74, 6) is 0.268. The summed E-state index contributed by atoms with van der Waals surface area (Å²) in [6, 6.07) is 21.1. The highest BCUT2D eigenvalue weighted by Gasteiger charge is 2.13. The number of hydrogen-bond donors (Lipinski definition) is 1. The summed E-state index contributed by atoms with van der Waals surface area (Å²) in [6.07, 6.45) is 1.11. The van der Waals surface area contributed by atoms with E-state index in [4.69, 9.17) is 9.57 Å². The van der Waals surface area contributed by atoms with Crippen molar-refractivity contribution >= 4 is 32.5 Å². The van der Waals surface area contributed by atoms with Crippen LogP contribution >= 0.6 is 0 Å². The lowest BCUT2D eigenvalue weighted by atomic mass is 10.2. The zero-order valence-corrected chi connectivity index (χ0v) is 18.0. The number of nitrogens with one attached hydrogen (secondary N) is 1. The van der Waals surface area contributed by atoms with E-state index in [0.29, 0.717) is 29.1 Å². The van der Waals surface area contributed by atoms with Gasteiger partial charge in [-0.05, 0) is 53.2 Å². The number of ether oxygens (including phenoxy) is 1. The van der Waals surface area contributed by atoms with Gasteiger partial charge in [0.05, 0.1) is 4.90 Å². The molecule has 164 valence electrons. The maximum Gasteiger partial charge on any atom is 0.265 e. The van der Waals surface area contributed by atoms with Crippen molar-refractivity contribution in [1.29, 1.82) is 0 Å². The smallest absolute Gasteiger partial charge is 0.265 e. The first-order chi connectivity index (χ1) is 15.4. The highest BCUT2D eigenvalue weighted by molar-refractivity contribution is 7.90. The number of hydrogen-bond acceptors (Lipinski definition) is 7. The topological polar surface area (TPSA) is 112 Å². The van der Waals surface area contributed by atoms with Crippen LogP contribution in [0.25, 0.3) is 11.0 Å². The molecular formula is C22H20N4O5S. The van der Waals surface area contributed by atoms with Gasteiger partial charge in [-0.2, -0.15) is 0 Å². The molecule has 0 atom stereocenters. The average molecular weight is 452 g/mol. The van der Waals surface area contributed by atoms with Gasteiger partial charge in [0.15, 0.2) is 16.4 Å². The highest BCUT2D eigenvalue weighted by Crippen LogP contribution is 2.18. The van der Waals surface area contributed by atoms with Crippen LogP contribution < -0.4 is 14.9 Å². The van der Waals surface area contributed by atoms with E-state index in [9.17, 15) is 13.2 Å². The van der Waals surface area contributed by atoms with Gasteiger partial charge >= 0.3 is 0 Å². The number of fused-ring (bicyclic) bond motifs is 1. The third-order valence-corrected chi connectivity index (χ3v) is 5.63. The fraction of sp³-hybridized carbons (Fsp3) is 0.136. The predicted octanol–water partition coefficient (Wildman–Crippen LogP) is 2.48. The van der Waals surface area contributed by atoms with Gasteiger partial charge in [-0.15, -0.1) is 5.10 Å². The predicted molar refractivity (Wildman–Crippen MR) is 118 cm³/mol. The molecule has 0 aliphatic rings. The molecule has 1 heterocycles. The maximum absolute atomic E-state index is 12.2. The Morgan fingerprint density at radius 1 is 1.03 bits per heavy atom. The Bertz CT molecular complexity index is 1340. The molecule has 10 heteroatoms. The first kappa shape index (κ1) is 21.3. The van der Waals surface area contributed by atoms with Crippen molar-refractivity contribution in [3.8, 4) is 5.75 Å². The molecule has 1 amide bonds. The minimum absolute atomic E-state index is 0.108. The van der Waals surface area contributed by atoms with Gasteiger partial charge < -0.3 is 14.9 Å². The standard InChI is InChI=1S/C22H20N4O5S/c1-32(28,29)19-11-12-20-21(13-19)26(25-24-20)31-15-22(27)23-17-7-9-18(10-8-17)30-14-16-5-3-2-4-6-16/h2-13H,14-15H2,1H3,(H,23,27). The van der Waals surface area contributed by atoms with Crippen LogP contribution in [0.2, 0.25) is 0 Å². The van der Waals surface area contributed by atoms with Crippen LogP contribution in [0.15, 0.2) is 77.7 Å². The van der Waals surface area contributed by atoms with Crippen molar-refractivity contribution in [2.45, 2.75) is 11.5 Å². The fourth-order valence-corrected chi connectivity index (χ4v) is 3.54. The van der Waals surface area contributed by atoms with Gasteiger partial charge in [0.2, 0.25) is 0 Å². The number of anilines is 1. The summed E-state index contributed by atoms with van der Waals surface area (Å²) in [7, 11) is -3.40. The number of amides is 1. The third-order valence-electron chi connectivity index (χ3n) is 4.52. The first-order valence-corrected chi connectivity index (χ1v) is 11.5. The van der Waals surface area contributed by atoms with Crippen molar-refractivity contribution in [2.75, 3.05) is 18.2 Å². The van der Waals surface area contributed by atoms with Crippen LogP contribution in [0.1, 0.15) is 5.56 Å². The summed E-state index contributed by atoms with van der Waals surface area (Å²) in [4.78, 5) is 18.8. The van der Waals surface area contributed by atoms with Crippen LogP contribution in [-0.2, 0) is 21.2 Å². The van der Waals surface area contributed by atoms with Crippen LogP contribution in [0.5, 0.6) is 5.75 Å². The Balaban J connectivity index is 1.33. The van der Waals surface area contributed by atoms with E-state index in [-0.39, 0.29) is 11.5 Å². The van der Waals surface area contributed by atoms with E-state index in [1.165, 1.54) is 18.2 Å². The van der Waals surface area contributed by atoms with Crippen LogP contribution in [0.4, 0.5) is 5.69 Å². The average Bonchev–Trinajstić information content (AvgIpc) is 3.20. The van der Waals surface area contributed by atoms with Crippen molar-refractivity contribution < 1.29 is 22.8 Å². The van der Waals surface area contributed by atoms with E-state index < -0.39 is 15.7 Å². The number of aromatic nitrogens is 3. The number of carbonyl (C=O) groups excluding carboxylic acids is 1. The first-order valence-electron chi connectivity index (χ1n) is 9.64. The van der Waals surface area contributed by atoms with Crippen molar-refractivity contribution in [1.82, 2.24) is 15.2 Å². The molecule has 0 saturated carbocycles. The van der Waals surface area contributed by atoms with Gasteiger partial charge in [-0.1, -0.05) is 35.2 Å². The van der Waals surface area contributed by atoms with Crippen LogP contribution in [0, 0.1) is 0 Å². The third kappa shape index (κ3) is 5.22. The molecule has 0 fully saturated rings. The molecule has 0 bridgehead atoms. The molecular weight excluding hydrogens is 432 g/mol. The summed E-state index contributed by atoms with van der Waals surface area (Å²) in [5, 5.41) is 10.4. The summed E-state index contributed by atoms with van der Waals surface area (Å²) in [5.41, 5.74) is 2.43. The molecule has 0 saturated heterocycles. The van der Waals surface area contributed by atoms with E-state index in [1.54, 1.807) is 24.3 Å². The SMILES string of the molecule is CS(=O)(=O)c1ccc2nnn(OCC(=O)Nc3ccc(OCc4ccccc4)cc3)c2c1. The highest BCUT2D eigenvalue weighted by atomic mass is 32.2. The Morgan fingerprint density at radius 2 is 1.78 bits per heavy atom. The molecule has 9 nitrogen and oxygen atoms in total. The van der Waals surface area contributed by atoms with Gasteiger partial charge in [0.25, 0.3) is 5.91 Å². The molecule has 1 N–H and O–H groups in total. The monoisotopic (exact) mass is 452 g/mol. The number of carbonyl (C=O) groups is 1. The van der Waals surface area contributed by atoms with Gasteiger partial charge in [-0.3, -0.25) is 4.79 Å². The Morgan fingerprint density at radius 3 is 2.50 bits per heavy atom. The van der Waals surface area contributed by atoms with E-state index in [1.807, 2.05) is 30.3 Å². The largest absolute Gasteiger partial charge is 0.489 e. The molecule has 0 spiro atoms. The summed E-state index contributed by atoms with van der Waals surface area (Å²) < 4.78 is 29.2. The molecule has 0 unspecified atom stereocenters. The van der Waals surface area contributed by atoms with Crippen molar-refractivity contribution in [3.05, 3.63) is 78.4 Å². The second kappa shape index (κ2) is 9.06. The minimum atomic E-state index is -3.40. The van der Waals surface area contributed by atoms with Gasteiger partial charge in [-0.25, -0.2) is 8.42 Å². The second-order valence-corrected chi connectivity index (χ2v) is 9.02. The number of nitrogens with zero attached hydrogens (tertiary/aromatic N) is 3. The van der Waals surface area contributed by atoms with Gasteiger partial charge in [0, 0.05) is 11.9 Å². The van der Waals surface area contributed by atoms with E-state index in [2.05, 4.69) is 15.6 Å². The zero-order valence-electron chi connectivity index (χ0n) is 17.1. The lowest BCUT2D eigenvalue weighted by Crippen LogP contribution is -2.26. The molecule has 0 radical (unpaired) electrons. The normalized spacial score (nSPS) is 11.3. The second-order valence-electron chi connectivity index (χ2n) is 7.01.